The third kappa shape index (κ3) is 3.24. The Morgan fingerprint density at radius 1 is 1.45 bits per heavy atom. The summed E-state index contributed by atoms with van der Waals surface area (Å²) in [4.78, 5) is 14.1. The Morgan fingerprint density at radius 2 is 2.23 bits per heavy atom. The highest BCUT2D eigenvalue weighted by atomic mass is 19.1. The standard InChI is InChI=1S/C17H23FN2O2/c1-11(21)12-5-4-8-20(10-12)17(22)19-16-9-14(16)13-6-2-3-7-15(13)18/h2-3,6-7,11-12,14,16,21H,4-5,8-10H2,1H3,(H,19,22). The molecule has 2 amide bonds. The summed E-state index contributed by atoms with van der Waals surface area (Å²) in [6.07, 6.45) is 2.29. The highest BCUT2D eigenvalue weighted by Gasteiger charge is 2.42. The molecule has 1 aromatic rings. The predicted molar refractivity (Wildman–Crippen MR) is 82.1 cm³/mol. The highest BCUT2D eigenvalue weighted by molar-refractivity contribution is 5.75. The van der Waals surface area contributed by atoms with Gasteiger partial charge in [0, 0.05) is 31.0 Å². The molecule has 1 aromatic carbocycles. The number of nitrogens with zero attached hydrogens (tertiary/aromatic N) is 1. The van der Waals surface area contributed by atoms with Gasteiger partial charge in [-0.3, -0.25) is 0 Å². The van der Waals surface area contributed by atoms with Gasteiger partial charge >= 0.3 is 6.03 Å². The topological polar surface area (TPSA) is 52.6 Å². The maximum absolute atomic E-state index is 13.7. The van der Waals surface area contributed by atoms with Crippen LogP contribution in [0.2, 0.25) is 0 Å². The number of nitrogens with one attached hydrogen (secondary N) is 1. The zero-order chi connectivity index (χ0) is 15.7. The summed E-state index contributed by atoms with van der Waals surface area (Å²) >= 11 is 0. The quantitative estimate of drug-likeness (QED) is 0.901. The Balaban J connectivity index is 1.54. The van der Waals surface area contributed by atoms with E-state index in [0.717, 1.165) is 25.8 Å². The van der Waals surface area contributed by atoms with Crippen molar-refractivity contribution in [3.8, 4) is 0 Å². The van der Waals surface area contributed by atoms with Gasteiger partial charge in [0.1, 0.15) is 5.82 Å². The molecule has 22 heavy (non-hydrogen) atoms. The number of urea groups is 1. The average molecular weight is 306 g/mol. The number of hydrogen-bond acceptors (Lipinski definition) is 2. The third-order valence-corrected chi connectivity index (χ3v) is 4.83. The lowest BCUT2D eigenvalue weighted by Crippen LogP contribution is -2.48. The lowest BCUT2D eigenvalue weighted by molar-refractivity contribution is 0.0738. The maximum Gasteiger partial charge on any atom is 0.317 e. The molecule has 3 rings (SSSR count). The normalized spacial score (nSPS) is 29.0. The Labute approximate surface area is 130 Å². The lowest BCUT2D eigenvalue weighted by Gasteiger charge is -2.34. The fourth-order valence-electron chi connectivity index (χ4n) is 3.31. The van der Waals surface area contributed by atoms with Crippen molar-refractivity contribution in [2.75, 3.05) is 13.1 Å². The molecular formula is C17H23FN2O2. The number of hydrogen-bond donors (Lipinski definition) is 2. The molecule has 2 fully saturated rings. The first-order chi connectivity index (χ1) is 10.6. The van der Waals surface area contributed by atoms with E-state index in [-0.39, 0.29) is 35.8 Å². The summed E-state index contributed by atoms with van der Waals surface area (Å²) in [6.45, 7) is 3.11. The van der Waals surface area contributed by atoms with E-state index < -0.39 is 0 Å². The Bertz CT molecular complexity index is 549. The van der Waals surface area contributed by atoms with E-state index in [1.165, 1.54) is 6.07 Å². The van der Waals surface area contributed by atoms with Crippen LogP contribution in [0.4, 0.5) is 9.18 Å². The molecule has 0 spiro atoms. The van der Waals surface area contributed by atoms with Crippen molar-refractivity contribution in [2.45, 2.75) is 44.2 Å². The van der Waals surface area contributed by atoms with Gasteiger partial charge in [0.05, 0.1) is 6.10 Å². The van der Waals surface area contributed by atoms with Crippen LogP contribution in [0.3, 0.4) is 0 Å². The van der Waals surface area contributed by atoms with Crippen molar-refractivity contribution in [3.63, 3.8) is 0 Å². The number of carbonyl (C=O) groups is 1. The molecule has 5 heteroatoms. The first kappa shape index (κ1) is 15.3. The molecule has 0 aromatic heterocycles. The molecule has 4 atom stereocenters. The Hall–Kier alpha value is -1.62. The second-order valence-corrected chi connectivity index (χ2v) is 6.51. The zero-order valence-electron chi connectivity index (χ0n) is 12.8. The molecule has 1 heterocycles. The fraction of sp³-hybridized carbons (Fsp3) is 0.588. The SMILES string of the molecule is CC(O)C1CCCN(C(=O)NC2CC2c2ccccc2F)C1. The Morgan fingerprint density at radius 3 is 2.95 bits per heavy atom. The second-order valence-electron chi connectivity index (χ2n) is 6.51. The molecule has 1 aliphatic carbocycles. The largest absolute Gasteiger partial charge is 0.393 e. The molecule has 120 valence electrons. The van der Waals surface area contributed by atoms with E-state index in [4.69, 9.17) is 0 Å². The van der Waals surface area contributed by atoms with Crippen molar-refractivity contribution in [3.05, 3.63) is 35.6 Å². The molecule has 1 saturated carbocycles. The highest BCUT2D eigenvalue weighted by Crippen LogP contribution is 2.42. The van der Waals surface area contributed by atoms with Crippen LogP contribution in [-0.4, -0.2) is 41.3 Å². The minimum absolute atomic E-state index is 0.0244. The molecule has 1 aliphatic heterocycles. The molecule has 0 bridgehead atoms. The van der Waals surface area contributed by atoms with E-state index in [2.05, 4.69) is 5.32 Å². The van der Waals surface area contributed by atoms with Crippen LogP contribution >= 0.6 is 0 Å². The van der Waals surface area contributed by atoms with Crippen molar-refractivity contribution in [2.24, 2.45) is 5.92 Å². The first-order valence-electron chi connectivity index (χ1n) is 8.04. The minimum atomic E-state index is -0.386. The van der Waals surface area contributed by atoms with E-state index in [1.807, 2.05) is 6.07 Å². The van der Waals surface area contributed by atoms with Crippen molar-refractivity contribution >= 4 is 6.03 Å². The molecule has 2 N–H and O–H groups in total. The van der Waals surface area contributed by atoms with Gasteiger partial charge in [0.25, 0.3) is 0 Å². The second kappa shape index (κ2) is 6.24. The number of amides is 2. The van der Waals surface area contributed by atoms with Gasteiger partial charge in [-0.1, -0.05) is 18.2 Å². The zero-order valence-corrected chi connectivity index (χ0v) is 12.8. The Kier molecular flexibility index (Phi) is 4.34. The molecule has 0 radical (unpaired) electrons. The minimum Gasteiger partial charge on any atom is -0.393 e. The number of carbonyl (C=O) groups excluding carboxylic acids is 1. The van der Waals surface area contributed by atoms with E-state index >= 15 is 0 Å². The molecule has 4 nitrogen and oxygen atoms in total. The molecule has 4 unspecified atom stereocenters. The number of aliphatic hydroxyl groups excluding tert-OH is 1. The van der Waals surface area contributed by atoms with Crippen molar-refractivity contribution < 1.29 is 14.3 Å². The van der Waals surface area contributed by atoms with Crippen molar-refractivity contribution in [1.29, 1.82) is 0 Å². The number of halogens is 1. The van der Waals surface area contributed by atoms with Gasteiger partial charge in [-0.2, -0.15) is 0 Å². The molecular weight excluding hydrogens is 283 g/mol. The number of rotatable bonds is 3. The van der Waals surface area contributed by atoms with E-state index in [1.54, 1.807) is 24.0 Å². The van der Waals surface area contributed by atoms with Gasteiger partial charge in [-0.15, -0.1) is 0 Å². The van der Waals surface area contributed by atoms with Crippen LogP contribution in [0.1, 0.15) is 37.7 Å². The predicted octanol–water partition coefficient (Wildman–Crippen LogP) is 2.48. The number of likely N-dealkylation sites (tertiary alicyclic amines) is 1. The van der Waals surface area contributed by atoms with Crippen LogP contribution in [0.15, 0.2) is 24.3 Å². The van der Waals surface area contributed by atoms with E-state index in [0.29, 0.717) is 12.1 Å². The van der Waals surface area contributed by atoms with Crippen LogP contribution < -0.4 is 5.32 Å². The summed E-state index contributed by atoms with van der Waals surface area (Å²) in [5, 5.41) is 12.7. The monoisotopic (exact) mass is 306 g/mol. The van der Waals surface area contributed by atoms with Gasteiger partial charge in [-0.25, -0.2) is 9.18 Å². The van der Waals surface area contributed by atoms with Crippen molar-refractivity contribution in [1.82, 2.24) is 10.2 Å². The average Bonchev–Trinajstić information content (AvgIpc) is 3.26. The first-order valence-corrected chi connectivity index (χ1v) is 8.04. The summed E-state index contributed by atoms with van der Waals surface area (Å²) in [7, 11) is 0. The maximum atomic E-state index is 13.7. The summed E-state index contributed by atoms with van der Waals surface area (Å²) in [5.74, 6) is 0.0416. The lowest BCUT2D eigenvalue weighted by atomic mass is 9.94. The summed E-state index contributed by atoms with van der Waals surface area (Å²) < 4.78 is 13.7. The molecule has 2 aliphatic rings. The van der Waals surface area contributed by atoms with Crippen LogP contribution in [-0.2, 0) is 0 Å². The number of aliphatic hydroxyl groups is 1. The van der Waals surface area contributed by atoms with Crippen LogP contribution in [0, 0.1) is 11.7 Å². The number of piperidine rings is 1. The summed E-state index contributed by atoms with van der Waals surface area (Å²) in [6, 6.07) is 6.69. The molecule has 1 saturated heterocycles. The van der Waals surface area contributed by atoms with Gasteiger partial charge in [0.2, 0.25) is 0 Å². The van der Waals surface area contributed by atoms with Gasteiger partial charge in [-0.05, 0) is 37.8 Å². The smallest absolute Gasteiger partial charge is 0.317 e. The van der Waals surface area contributed by atoms with Crippen LogP contribution in [0.5, 0.6) is 0 Å². The van der Waals surface area contributed by atoms with Gasteiger partial charge in [0.15, 0.2) is 0 Å². The summed E-state index contributed by atoms with van der Waals surface area (Å²) in [5.41, 5.74) is 0.688. The third-order valence-electron chi connectivity index (χ3n) is 4.83. The van der Waals surface area contributed by atoms with Gasteiger partial charge < -0.3 is 15.3 Å². The number of benzene rings is 1. The fourth-order valence-corrected chi connectivity index (χ4v) is 3.31. The van der Waals surface area contributed by atoms with E-state index in [9.17, 15) is 14.3 Å². The van der Waals surface area contributed by atoms with Crippen LogP contribution in [0.25, 0.3) is 0 Å².